The van der Waals surface area contributed by atoms with Crippen molar-refractivity contribution < 1.29 is 14.0 Å². The SMILES string of the molecule is O=C(NC1CC(=O)N(c2ccc(F)cc2)C1)N1CCN(c2ccccc2)CC1. The predicted octanol–water partition coefficient (Wildman–Crippen LogP) is 2.46. The zero-order valence-electron chi connectivity index (χ0n) is 15.6. The Kier molecular flexibility index (Phi) is 5.14. The van der Waals surface area contributed by atoms with E-state index >= 15 is 0 Å². The minimum atomic E-state index is -0.338. The summed E-state index contributed by atoms with van der Waals surface area (Å²) in [6.07, 6.45) is 0.257. The Hall–Kier alpha value is -3.09. The molecule has 0 saturated carbocycles. The summed E-state index contributed by atoms with van der Waals surface area (Å²) in [6, 6.07) is 15.6. The van der Waals surface area contributed by atoms with Gasteiger partial charge in [-0.15, -0.1) is 0 Å². The lowest BCUT2D eigenvalue weighted by Gasteiger charge is -2.36. The van der Waals surface area contributed by atoms with E-state index in [1.807, 2.05) is 18.2 Å². The van der Waals surface area contributed by atoms with Crippen molar-refractivity contribution in [1.29, 1.82) is 0 Å². The van der Waals surface area contributed by atoms with Crippen LogP contribution in [0.5, 0.6) is 0 Å². The number of urea groups is 1. The van der Waals surface area contributed by atoms with Gasteiger partial charge in [0.15, 0.2) is 0 Å². The quantitative estimate of drug-likeness (QED) is 0.887. The number of carbonyl (C=O) groups excluding carboxylic acids is 2. The minimum Gasteiger partial charge on any atom is -0.368 e. The number of hydrogen-bond acceptors (Lipinski definition) is 3. The van der Waals surface area contributed by atoms with Crippen LogP contribution < -0.4 is 15.1 Å². The molecule has 1 unspecified atom stereocenters. The van der Waals surface area contributed by atoms with Gasteiger partial charge < -0.3 is 20.0 Å². The van der Waals surface area contributed by atoms with Crippen LogP contribution in [0.2, 0.25) is 0 Å². The largest absolute Gasteiger partial charge is 0.368 e. The van der Waals surface area contributed by atoms with Gasteiger partial charge in [-0.25, -0.2) is 9.18 Å². The molecule has 2 fully saturated rings. The topological polar surface area (TPSA) is 55.9 Å². The Morgan fingerprint density at radius 2 is 1.61 bits per heavy atom. The van der Waals surface area contributed by atoms with E-state index in [1.54, 1.807) is 21.9 Å². The van der Waals surface area contributed by atoms with Crippen molar-refractivity contribution in [2.75, 3.05) is 42.5 Å². The lowest BCUT2D eigenvalue weighted by molar-refractivity contribution is -0.117. The molecule has 2 aromatic rings. The number of benzene rings is 2. The van der Waals surface area contributed by atoms with Gasteiger partial charge in [-0.3, -0.25) is 4.79 Å². The van der Waals surface area contributed by atoms with E-state index in [0.29, 0.717) is 25.3 Å². The fourth-order valence-corrected chi connectivity index (χ4v) is 3.75. The average molecular weight is 382 g/mol. The molecule has 7 heteroatoms. The molecule has 4 rings (SSSR count). The van der Waals surface area contributed by atoms with E-state index in [-0.39, 0.29) is 30.2 Å². The van der Waals surface area contributed by atoms with Gasteiger partial charge in [0, 0.05) is 50.5 Å². The molecule has 2 aliphatic rings. The maximum Gasteiger partial charge on any atom is 0.317 e. The van der Waals surface area contributed by atoms with Gasteiger partial charge in [-0.2, -0.15) is 0 Å². The van der Waals surface area contributed by atoms with Crippen LogP contribution in [-0.2, 0) is 4.79 Å². The highest BCUT2D eigenvalue weighted by Crippen LogP contribution is 2.22. The minimum absolute atomic E-state index is 0.0641. The summed E-state index contributed by atoms with van der Waals surface area (Å²) in [5.74, 6) is -0.402. The van der Waals surface area contributed by atoms with Crippen molar-refractivity contribution in [2.24, 2.45) is 0 Å². The number of hydrogen-bond donors (Lipinski definition) is 1. The number of nitrogens with one attached hydrogen (secondary N) is 1. The molecule has 2 saturated heterocycles. The van der Waals surface area contributed by atoms with Crippen LogP contribution in [0.4, 0.5) is 20.6 Å². The van der Waals surface area contributed by atoms with Crippen molar-refractivity contribution in [1.82, 2.24) is 10.2 Å². The zero-order valence-corrected chi connectivity index (χ0v) is 15.6. The molecule has 0 radical (unpaired) electrons. The Balaban J connectivity index is 1.30. The number of carbonyl (C=O) groups is 2. The van der Waals surface area contributed by atoms with Crippen LogP contribution in [0.15, 0.2) is 54.6 Å². The summed E-state index contributed by atoms with van der Waals surface area (Å²) >= 11 is 0. The number of amides is 3. The Bertz CT molecular complexity index is 835. The first-order chi connectivity index (χ1) is 13.6. The number of anilines is 2. The third-order valence-electron chi connectivity index (χ3n) is 5.28. The first kappa shape index (κ1) is 18.3. The van der Waals surface area contributed by atoms with Gasteiger partial charge in [0.05, 0.1) is 6.04 Å². The second-order valence-electron chi connectivity index (χ2n) is 7.14. The van der Waals surface area contributed by atoms with Crippen LogP contribution >= 0.6 is 0 Å². The second-order valence-corrected chi connectivity index (χ2v) is 7.14. The van der Waals surface area contributed by atoms with Gasteiger partial charge >= 0.3 is 6.03 Å². The molecular formula is C21H23FN4O2. The third kappa shape index (κ3) is 3.93. The molecule has 0 bridgehead atoms. The highest BCUT2D eigenvalue weighted by molar-refractivity contribution is 5.96. The second kappa shape index (κ2) is 7.88. The summed E-state index contributed by atoms with van der Waals surface area (Å²) in [4.78, 5) is 30.6. The van der Waals surface area contributed by atoms with Crippen molar-refractivity contribution in [2.45, 2.75) is 12.5 Å². The molecule has 2 heterocycles. The van der Waals surface area contributed by atoms with Crippen LogP contribution in [0.3, 0.4) is 0 Å². The number of rotatable bonds is 3. The number of nitrogens with zero attached hydrogens (tertiary/aromatic N) is 3. The molecule has 2 aliphatic heterocycles. The van der Waals surface area contributed by atoms with Crippen molar-refractivity contribution in [3.63, 3.8) is 0 Å². The lowest BCUT2D eigenvalue weighted by atomic mass is 10.2. The van der Waals surface area contributed by atoms with Gasteiger partial charge in [-0.1, -0.05) is 18.2 Å². The monoisotopic (exact) mass is 382 g/mol. The zero-order chi connectivity index (χ0) is 19.5. The Morgan fingerprint density at radius 3 is 2.29 bits per heavy atom. The molecule has 6 nitrogen and oxygen atoms in total. The van der Waals surface area contributed by atoms with Crippen LogP contribution in [0, 0.1) is 5.82 Å². The van der Waals surface area contributed by atoms with E-state index in [2.05, 4.69) is 22.3 Å². The predicted molar refractivity (Wildman–Crippen MR) is 106 cm³/mol. The molecule has 1 N–H and O–H groups in total. The summed E-state index contributed by atoms with van der Waals surface area (Å²) in [5, 5.41) is 2.98. The number of piperazine rings is 1. The molecule has 0 spiro atoms. The van der Waals surface area contributed by atoms with Gasteiger partial charge in [0.1, 0.15) is 5.82 Å². The summed E-state index contributed by atoms with van der Waals surface area (Å²) in [5.41, 5.74) is 1.82. The summed E-state index contributed by atoms with van der Waals surface area (Å²) < 4.78 is 13.1. The third-order valence-corrected chi connectivity index (χ3v) is 5.28. The molecule has 2 aromatic carbocycles. The lowest BCUT2D eigenvalue weighted by Crippen LogP contribution is -2.53. The van der Waals surface area contributed by atoms with E-state index in [4.69, 9.17) is 0 Å². The van der Waals surface area contributed by atoms with E-state index in [0.717, 1.165) is 13.1 Å². The first-order valence-corrected chi connectivity index (χ1v) is 9.51. The van der Waals surface area contributed by atoms with Gasteiger partial charge in [-0.05, 0) is 36.4 Å². The van der Waals surface area contributed by atoms with Crippen LogP contribution in [0.1, 0.15) is 6.42 Å². The number of halogens is 1. The van der Waals surface area contributed by atoms with Crippen LogP contribution in [0.25, 0.3) is 0 Å². The molecule has 1 atom stereocenters. The van der Waals surface area contributed by atoms with Crippen molar-refractivity contribution in [3.8, 4) is 0 Å². The normalized spacial score (nSPS) is 19.8. The van der Waals surface area contributed by atoms with Crippen molar-refractivity contribution in [3.05, 3.63) is 60.4 Å². The molecule has 3 amide bonds. The van der Waals surface area contributed by atoms with E-state index in [9.17, 15) is 14.0 Å². The van der Waals surface area contributed by atoms with Gasteiger partial charge in [0.25, 0.3) is 0 Å². The van der Waals surface area contributed by atoms with E-state index in [1.165, 1.54) is 17.8 Å². The van der Waals surface area contributed by atoms with Gasteiger partial charge in [0.2, 0.25) is 5.91 Å². The highest BCUT2D eigenvalue weighted by Gasteiger charge is 2.33. The Morgan fingerprint density at radius 1 is 0.929 bits per heavy atom. The highest BCUT2D eigenvalue weighted by atomic mass is 19.1. The maximum atomic E-state index is 13.1. The average Bonchev–Trinajstić information content (AvgIpc) is 3.09. The summed E-state index contributed by atoms with van der Waals surface area (Å²) in [6.45, 7) is 3.25. The Labute approximate surface area is 163 Å². The smallest absolute Gasteiger partial charge is 0.317 e. The summed E-state index contributed by atoms with van der Waals surface area (Å²) in [7, 11) is 0. The fourth-order valence-electron chi connectivity index (χ4n) is 3.75. The van der Waals surface area contributed by atoms with Crippen LogP contribution in [-0.4, -0.2) is 55.6 Å². The molecule has 28 heavy (non-hydrogen) atoms. The number of para-hydroxylation sites is 1. The first-order valence-electron chi connectivity index (χ1n) is 9.51. The molecule has 146 valence electrons. The standard InChI is InChI=1S/C21H23FN4O2/c22-16-6-8-19(9-7-16)26-15-17(14-20(26)27)23-21(28)25-12-10-24(11-13-25)18-4-2-1-3-5-18/h1-9,17H,10-15H2,(H,23,28). The molecule has 0 aromatic heterocycles. The van der Waals surface area contributed by atoms with Crippen molar-refractivity contribution >= 4 is 23.3 Å². The molecular weight excluding hydrogens is 359 g/mol. The van der Waals surface area contributed by atoms with E-state index < -0.39 is 0 Å². The fraction of sp³-hybridized carbons (Fsp3) is 0.333. The molecule has 0 aliphatic carbocycles. The maximum absolute atomic E-state index is 13.1.